The second-order valence-electron chi connectivity index (χ2n) is 6.67. The summed E-state index contributed by atoms with van der Waals surface area (Å²) in [5.41, 5.74) is 0.359. The molecule has 2 saturated heterocycles. The molecular weight excluding hydrogens is 344 g/mol. The molecule has 0 aliphatic carbocycles. The van der Waals surface area contributed by atoms with Crippen molar-refractivity contribution < 1.29 is 28.8 Å². The summed E-state index contributed by atoms with van der Waals surface area (Å²) in [4.78, 5) is 48.1. The lowest BCUT2D eigenvalue weighted by Gasteiger charge is -2.26. The lowest BCUT2D eigenvalue weighted by atomic mass is 9.92. The number of amides is 2. The number of non-ortho nitro benzene ring substituents is 1. The highest BCUT2D eigenvalue weighted by molar-refractivity contribution is 5.97. The highest BCUT2D eigenvalue weighted by Gasteiger charge is 2.48. The van der Waals surface area contributed by atoms with Crippen molar-refractivity contribution in [2.75, 3.05) is 6.61 Å². The normalized spacial score (nSPS) is 25.3. The van der Waals surface area contributed by atoms with Crippen LogP contribution in [0.2, 0.25) is 0 Å². The Kier molecular flexibility index (Phi) is 4.62. The number of hydrogen-bond donors (Lipinski definition) is 0. The summed E-state index contributed by atoms with van der Waals surface area (Å²) in [5.74, 6) is -1.96. The number of benzene rings is 1. The number of imide groups is 1. The molecule has 138 valence electrons. The van der Waals surface area contributed by atoms with E-state index in [2.05, 4.69) is 0 Å². The van der Waals surface area contributed by atoms with Crippen molar-refractivity contribution in [3.63, 3.8) is 0 Å². The van der Waals surface area contributed by atoms with Gasteiger partial charge < -0.3 is 9.47 Å². The van der Waals surface area contributed by atoms with E-state index < -0.39 is 41.0 Å². The van der Waals surface area contributed by atoms with E-state index in [4.69, 9.17) is 9.47 Å². The molecular formula is C17H18N2O7. The van der Waals surface area contributed by atoms with Gasteiger partial charge in [-0.25, -0.2) is 9.69 Å². The minimum atomic E-state index is -0.892. The Labute approximate surface area is 149 Å². The minimum absolute atomic E-state index is 0.00116. The molecule has 1 aromatic rings. The molecule has 0 N–H and O–H groups in total. The van der Waals surface area contributed by atoms with E-state index in [1.165, 1.54) is 24.3 Å². The van der Waals surface area contributed by atoms with E-state index in [-0.39, 0.29) is 24.6 Å². The molecule has 0 aromatic heterocycles. The first kappa shape index (κ1) is 17.8. The van der Waals surface area contributed by atoms with Crippen LogP contribution < -0.4 is 0 Å². The van der Waals surface area contributed by atoms with Crippen molar-refractivity contribution >= 4 is 23.7 Å². The van der Waals surface area contributed by atoms with Gasteiger partial charge in [0, 0.05) is 12.1 Å². The van der Waals surface area contributed by atoms with Crippen LogP contribution >= 0.6 is 0 Å². The van der Waals surface area contributed by atoms with Crippen LogP contribution in [-0.4, -0.2) is 40.4 Å². The van der Waals surface area contributed by atoms with Crippen molar-refractivity contribution in [2.45, 2.75) is 32.4 Å². The van der Waals surface area contributed by atoms with Crippen LogP contribution in [0.25, 0.3) is 0 Å². The Morgan fingerprint density at radius 3 is 2.50 bits per heavy atom. The topological polar surface area (TPSA) is 116 Å². The molecule has 2 aliphatic rings. The van der Waals surface area contributed by atoms with Crippen molar-refractivity contribution in [1.82, 2.24) is 4.90 Å². The zero-order valence-corrected chi connectivity index (χ0v) is 14.3. The maximum atomic E-state index is 13.0. The van der Waals surface area contributed by atoms with Crippen LogP contribution in [0, 0.1) is 22.0 Å². The number of ether oxygens (including phenoxy) is 2. The third-order valence-electron chi connectivity index (χ3n) is 4.67. The zero-order chi connectivity index (χ0) is 19.0. The molecule has 2 heterocycles. The number of carbonyl (C=O) groups excluding carboxylic acids is 3. The molecule has 2 amide bonds. The number of carbonyl (C=O) groups is 3. The van der Waals surface area contributed by atoms with Crippen LogP contribution in [0.4, 0.5) is 10.5 Å². The molecule has 3 rings (SSSR count). The van der Waals surface area contributed by atoms with Gasteiger partial charge in [-0.3, -0.25) is 19.7 Å². The lowest BCUT2D eigenvalue weighted by Crippen LogP contribution is -2.45. The van der Waals surface area contributed by atoms with Crippen LogP contribution in [-0.2, 0) is 19.1 Å². The minimum Gasteiger partial charge on any atom is -0.457 e. The molecule has 0 bridgehead atoms. The molecule has 0 saturated carbocycles. The summed E-state index contributed by atoms with van der Waals surface area (Å²) in [5, 5.41) is 10.8. The van der Waals surface area contributed by atoms with Gasteiger partial charge in [-0.1, -0.05) is 13.8 Å². The SMILES string of the molecule is CC(C)[C@H]1COC(=O)N1C(=O)[C@H]1CC(=O)O[C@@H]1c1ccc([N+](=O)[O-])cc1. The molecule has 9 nitrogen and oxygen atoms in total. The van der Waals surface area contributed by atoms with E-state index in [9.17, 15) is 24.5 Å². The molecule has 0 radical (unpaired) electrons. The lowest BCUT2D eigenvalue weighted by molar-refractivity contribution is -0.384. The Balaban J connectivity index is 1.87. The summed E-state index contributed by atoms with van der Waals surface area (Å²) in [6.07, 6.45) is -1.78. The van der Waals surface area contributed by atoms with E-state index in [1.54, 1.807) is 0 Å². The number of nitro benzene ring substituents is 1. The average Bonchev–Trinajstić information content (AvgIpc) is 3.17. The largest absolute Gasteiger partial charge is 0.457 e. The highest BCUT2D eigenvalue weighted by Crippen LogP contribution is 2.38. The monoisotopic (exact) mass is 362 g/mol. The maximum absolute atomic E-state index is 13.0. The first-order valence-corrected chi connectivity index (χ1v) is 8.23. The van der Waals surface area contributed by atoms with Gasteiger partial charge in [-0.2, -0.15) is 0 Å². The standard InChI is InChI=1S/C17H18N2O7/c1-9(2)13-8-25-17(22)18(13)16(21)12-7-14(20)26-15(12)10-3-5-11(6-4-10)19(23)24/h3-6,9,12-13,15H,7-8H2,1-2H3/t12-,13+,15+/m0/s1. The fraction of sp³-hybridized carbons (Fsp3) is 0.471. The molecule has 1 aromatic carbocycles. The van der Waals surface area contributed by atoms with Gasteiger partial charge in [0.25, 0.3) is 5.69 Å². The predicted octanol–water partition coefficient (Wildman–Crippen LogP) is 2.20. The molecule has 0 spiro atoms. The number of hydrogen-bond acceptors (Lipinski definition) is 7. The highest BCUT2D eigenvalue weighted by atomic mass is 16.6. The van der Waals surface area contributed by atoms with Gasteiger partial charge in [0.15, 0.2) is 0 Å². The van der Waals surface area contributed by atoms with Gasteiger partial charge in [0.2, 0.25) is 5.91 Å². The second kappa shape index (κ2) is 6.74. The fourth-order valence-electron chi connectivity index (χ4n) is 3.22. The van der Waals surface area contributed by atoms with E-state index in [1.807, 2.05) is 13.8 Å². The first-order valence-electron chi connectivity index (χ1n) is 8.23. The Morgan fingerprint density at radius 2 is 1.92 bits per heavy atom. The summed E-state index contributed by atoms with van der Waals surface area (Å²) < 4.78 is 10.3. The van der Waals surface area contributed by atoms with Crippen LogP contribution in [0.15, 0.2) is 24.3 Å². The maximum Gasteiger partial charge on any atom is 0.416 e. The van der Waals surface area contributed by atoms with E-state index in [0.29, 0.717) is 5.56 Å². The summed E-state index contributed by atoms with van der Waals surface area (Å²) in [6, 6.07) is 5.06. The van der Waals surface area contributed by atoms with Crippen molar-refractivity contribution in [2.24, 2.45) is 11.8 Å². The Hall–Kier alpha value is -2.97. The van der Waals surface area contributed by atoms with Gasteiger partial charge in [-0.15, -0.1) is 0 Å². The molecule has 2 aliphatic heterocycles. The van der Waals surface area contributed by atoms with Crippen LogP contribution in [0.5, 0.6) is 0 Å². The molecule has 26 heavy (non-hydrogen) atoms. The zero-order valence-electron chi connectivity index (χ0n) is 14.3. The summed E-state index contributed by atoms with van der Waals surface area (Å²) in [6.45, 7) is 3.86. The van der Waals surface area contributed by atoms with Crippen LogP contribution in [0.1, 0.15) is 31.9 Å². The quantitative estimate of drug-likeness (QED) is 0.458. The van der Waals surface area contributed by atoms with Gasteiger partial charge in [0.05, 0.1) is 23.3 Å². The van der Waals surface area contributed by atoms with Crippen LogP contribution in [0.3, 0.4) is 0 Å². The third-order valence-corrected chi connectivity index (χ3v) is 4.67. The second-order valence-corrected chi connectivity index (χ2v) is 6.67. The molecule has 0 unspecified atom stereocenters. The average molecular weight is 362 g/mol. The number of nitrogens with zero attached hydrogens (tertiary/aromatic N) is 2. The number of rotatable bonds is 4. The molecule has 2 fully saturated rings. The number of nitro groups is 1. The van der Waals surface area contributed by atoms with Crippen molar-refractivity contribution in [3.05, 3.63) is 39.9 Å². The Bertz CT molecular complexity index is 759. The summed E-state index contributed by atoms with van der Waals surface area (Å²) >= 11 is 0. The van der Waals surface area contributed by atoms with Gasteiger partial charge >= 0.3 is 12.1 Å². The van der Waals surface area contributed by atoms with E-state index >= 15 is 0 Å². The van der Waals surface area contributed by atoms with E-state index in [0.717, 1.165) is 4.90 Å². The third kappa shape index (κ3) is 3.12. The molecule has 9 heteroatoms. The Morgan fingerprint density at radius 1 is 1.27 bits per heavy atom. The fourth-order valence-corrected chi connectivity index (χ4v) is 3.22. The number of cyclic esters (lactones) is 2. The molecule has 3 atom stereocenters. The predicted molar refractivity (Wildman–Crippen MR) is 86.9 cm³/mol. The van der Waals surface area contributed by atoms with Gasteiger partial charge in [-0.05, 0) is 23.6 Å². The smallest absolute Gasteiger partial charge is 0.416 e. The first-order chi connectivity index (χ1) is 12.3. The van der Waals surface area contributed by atoms with Gasteiger partial charge in [0.1, 0.15) is 12.7 Å². The summed E-state index contributed by atoms with van der Waals surface area (Å²) in [7, 11) is 0. The number of esters is 1. The van der Waals surface area contributed by atoms with Crippen molar-refractivity contribution in [1.29, 1.82) is 0 Å². The van der Waals surface area contributed by atoms with Crippen molar-refractivity contribution in [3.8, 4) is 0 Å².